The van der Waals surface area contributed by atoms with Gasteiger partial charge in [0.15, 0.2) is 11.6 Å². The fraction of sp³-hybridized carbons (Fsp3) is 0.333. The van der Waals surface area contributed by atoms with Crippen LogP contribution in [0.2, 0.25) is 0 Å². The predicted octanol–water partition coefficient (Wildman–Crippen LogP) is 5.05. The first kappa shape index (κ1) is 16.1. The molecule has 3 aromatic rings. The zero-order valence-electron chi connectivity index (χ0n) is 16.8. The first-order valence-electron chi connectivity index (χ1n) is 10.0. The summed E-state index contributed by atoms with van der Waals surface area (Å²) in [4.78, 5) is 14.7. The van der Waals surface area contributed by atoms with Gasteiger partial charge in [0.05, 0.1) is 6.20 Å². The summed E-state index contributed by atoms with van der Waals surface area (Å²) in [7, 11) is 2.19. The lowest BCUT2D eigenvalue weighted by molar-refractivity contribution is 0.365. The van der Waals surface area contributed by atoms with Gasteiger partial charge < -0.3 is 9.80 Å². The van der Waals surface area contributed by atoms with Crippen molar-refractivity contribution >= 4 is 17.2 Å². The Hall–Kier alpha value is -2.88. The fourth-order valence-electron chi connectivity index (χ4n) is 5.74. The molecule has 0 bridgehead atoms. The van der Waals surface area contributed by atoms with Gasteiger partial charge in [0.25, 0.3) is 0 Å². The zero-order chi connectivity index (χ0) is 19.3. The van der Waals surface area contributed by atoms with Crippen LogP contribution in [0, 0.1) is 12.3 Å². The van der Waals surface area contributed by atoms with Gasteiger partial charge in [0.2, 0.25) is 0 Å². The standard InChI is InChI=1S/C24H24N4/c1-15-9-5-6-10-16(15)20-25-13-19-21(26-20)28-18-12-8-7-11-17(18)23(2)14-24(23,3)22(28)27(19)4/h5-13,22H,14H2,1-4H3. The summed E-state index contributed by atoms with van der Waals surface area (Å²) >= 11 is 0. The third-order valence-electron chi connectivity index (χ3n) is 7.54. The maximum Gasteiger partial charge on any atom is 0.162 e. The number of fused-ring (bicyclic) bond motifs is 8. The molecule has 3 atom stereocenters. The average molecular weight is 368 g/mol. The number of anilines is 3. The van der Waals surface area contributed by atoms with Crippen LogP contribution in [0.5, 0.6) is 0 Å². The Morgan fingerprint density at radius 2 is 1.75 bits per heavy atom. The van der Waals surface area contributed by atoms with Gasteiger partial charge in [-0.25, -0.2) is 9.97 Å². The van der Waals surface area contributed by atoms with E-state index in [2.05, 4.69) is 86.1 Å². The van der Waals surface area contributed by atoms with Crippen molar-refractivity contribution in [1.82, 2.24) is 9.97 Å². The second-order valence-corrected chi connectivity index (χ2v) is 9.02. The van der Waals surface area contributed by atoms with E-state index >= 15 is 0 Å². The van der Waals surface area contributed by atoms with Crippen molar-refractivity contribution in [2.24, 2.45) is 5.41 Å². The van der Waals surface area contributed by atoms with Gasteiger partial charge in [-0.15, -0.1) is 0 Å². The Balaban J connectivity index is 1.59. The van der Waals surface area contributed by atoms with E-state index in [9.17, 15) is 0 Å². The summed E-state index contributed by atoms with van der Waals surface area (Å²) in [6.45, 7) is 6.97. The molecule has 28 heavy (non-hydrogen) atoms. The van der Waals surface area contributed by atoms with Crippen molar-refractivity contribution in [3.8, 4) is 11.4 Å². The largest absolute Gasteiger partial charge is 0.349 e. The Bertz CT molecular complexity index is 1140. The molecule has 3 unspecified atom stereocenters. The molecule has 3 heterocycles. The van der Waals surface area contributed by atoms with E-state index in [0.717, 1.165) is 22.9 Å². The lowest BCUT2D eigenvalue weighted by atomic mass is 9.81. The minimum Gasteiger partial charge on any atom is -0.349 e. The maximum atomic E-state index is 5.10. The summed E-state index contributed by atoms with van der Waals surface area (Å²) in [6, 6.07) is 17.2. The van der Waals surface area contributed by atoms with Gasteiger partial charge in [-0.3, -0.25) is 0 Å². The van der Waals surface area contributed by atoms with E-state index in [4.69, 9.17) is 9.97 Å². The normalized spacial score (nSPS) is 29.1. The predicted molar refractivity (Wildman–Crippen MR) is 113 cm³/mol. The molecule has 1 fully saturated rings. The summed E-state index contributed by atoms with van der Waals surface area (Å²) in [5.74, 6) is 1.83. The van der Waals surface area contributed by atoms with Crippen LogP contribution in [-0.4, -0.2) is 23.2 Å². The number of nitrogens with zero attached hydrogens (tertiary/aromatic N) is 4. The average Bonchev–Trinajstić information content (AvgIpc) is 3.17. The maximum absolute atomic E-state index is 5.10. The van der Waals surface area contributed by atoms with Crippen LogP contribution in [-0.2, 0) is 5.41 Å². The third kappa shape index (κ3) is 1.72. The summed E-state index contributed by atoms with van der Waals surface area (Å²) < 4.78 is 0. The van der Waals surface area contributed by atoms with Crippen molar-refractivity contribution in [1.29, 1.82) is 0 Å². The molecule has 1 aliphatic carbocycles. The molecule has 0 radical (unpaired) electrons. The Labute approximate surface area is 165 Å². The van der Waals surface area contributed by atoms with Gasteiger partial charge in [0.1, 0.15) is 11.9 Å². The highest BCUT2D eigenvalue weighted by atomic mass is 15.5. The van der Waals surface area contributed by atoms with Crippen LogP contribution in [0.1, 0.15) is 31.4 Å². The van der Waals surface area contributed by atoms with Crippen molar-refractivity contribution in [3.63, 3.8) is 0 Å². The number of para-hydroxylation sites is 1. The quantitative estimate of drug-likeness (QED) is 0.602. The van der Waals surface area contributed by atoms with Crippen LogP contribution in [0.3, 0.4) is 0 Å². The van der Waals surface area contributed by atoms with Crippen molar-refractivity contribution in [3.05, 3.63) is 65.9 Å². The topological polar surface area (TPSA) is 32.3 Å². The highest BCUT2D eigenvalue weighted by Gasteiger charge is 2.72. The summed E-state index contributed by atoms with van der Waals surface area (Å²) in [5.41, 5.74) is 6.60. The molecule has 0 spiro atoms. The second kappa shape index (κ2) is 4.93. The number of rotatable bonds is 1. The third-order valence-corrected chi connectivity index (χ3v) is 7.54. The van der Waals surface area contributed by atoms with Gasteiger partial charge in [0, 0.05) is 29.1 Å². The molecular formula is C24H24N4. The first-order valence-corrected chi connectivity index (χ1v) is 10.0. The molecule has 1 saturated carbocycles. The molecule has 4 heteroatoms. The molecule has 0 saturated heterocycles. The minimum absolute atomic E-state index is 0.208. The molecule has 6 rings (SSSR count). The number of aromatic nitrogens is 2. The van der Waals surface area contributed by atoms with Crippen molar-refractivity contribution < 1.29 is 0 Å². The molecule has 1 aromatic heterocycles. The molecule has 3 aliphatic rings. The van der Waals surface area contributed by atoms with E-state index in [0.29, 0.717) is 0 Å². The van der Waals surface area contributed by atoms with Crippen LogP contribution >= 0.6 is 0 Å². The first-order chi connectivity index (χ1) is 13.5. The van der Waals surface area contributed by atoms with E-state index in [1.54, 1.807) is 0 Å². The minimum atomic E-state index is 0.208. The van der Waals surface area contributed by atoms with Gasteiger partial charge in [-0.1, -0.05) is 56.3 Å². The number of aryl methyl sites for hydroxylation is 1. The monoisotopic (exact) mass is 368 g/mol. The van der Waals surface area contributed by atoms with Crippen molar-refractivity contribution in [2.45, 2.75) is 38.8 Å². The SMILES string of the molecule is Cc1ccccc1-c1ncc2c(n1)N1c3ccccc3C3(C)CC3(C)C1N2C. The zero-order valence-corrected chi connectivity index (χ0v) is 16.8. The molecule has 0 amide bonds. The molecule has 140 valence electrons. The highest BCUT2D eigenvalue weighted by Crippen LogP contribution is 2.74. The van der Waals surface area contributed by atoms with Crippen LogP contribution < -0.4 is 9.80 Å². The van der Waals surface area contributed by atoms with Gasteiger partial charge in [-0.05, 0) is 30.5 Å². The molecule has 4 nitrogen and oxygen atoms in total. The van der Waals surface area contributed by atoms with E-state index in [-0.39, 0.29) is 17.0 Å². The lowest BCUT2D eigenvalue weighted by Crippen LogP contribution is -2.50. The Morgan fingerprint density at radius 1 is 1.00 bits per heavy atom. The second-order valence-electron chi connectivity index (χ2n) is 9.02. The lowest BCUT2D eigenvalue weighted by Gasteiger charge is -2.43. The highest BCUT2D eigenvalue weighted by molar-refractivity contribution is 5.86. The van der Waals surface area contributed by atoms with Gasteiger partial charge >= 0.3 is 0 Å². The Morgan fingerprint density at radius 3 is 2.57 bits per heavy atom. The fourth-order valence-corrected chi connectivity index (χ4v) is 5.74. The number of hydrogen-bond acceptors (Lipinski definition) is 4. The number of hydrogen-bond donors (Lipinski definition) is 0. The van der Waals surface area contributed by atoms with E-state index in [1.165, 1.54) is 23.2 Å². The molecule has 0 N–H and O–H groups in total. The Kier molecular flexibility index (Phi) is 2.84. The van der Waals surface area contributed by atoms with E-state index < -0.39 is 0 Å². The van der Waals surface area contributed by atoms with Crippen LogP contribution in [0.25, 0.3) is 11.4 Å². The summed E-state index contributed by atoms with van der Waals surface area (Å²) in [5, 5.41) is 0. The van der Waals surface area contributed by atoms with E-state index in [1.807, 2.05) is 6.20 Å². The van der Waals surface area contributed by atoms with Gasteiger partial charge in [-0.2, -0.15) is 0 Å². The van der Waals surface area contributed by atoms with Crippen LogP contribution in [0.4, 0.5) is 17.2 Å². The van der Waals surface area contributed by atoms with Crippen LogP contribution in [0.15, 0.2) is 54.7 Å². The smallest absolute Gasteiger partial charge is 0.162 e. The summed E-state index contributed by atoms with van der Waals surface area (Å²) in [6.07, 6.45) is 3.49. The molecular weight excluding hydrogens is 344 g/mol. The molecule has 2 aromatic carbocycles. The number of benzene rings is 2. The molecule has 2 aliphatic heterocycles. The van der Waals surface area contributed by atoms with Crippen molar-refractivity contribution in [2.75, 3.05) is 16.8 Å².